The predicted molar refractivity (Wildman–Crippen MR) is 106 cm³/mol. The number of aromatic nitrogens is 2. The molecule has 1 atom stereocenters. The fraction of sp³-hybridized carbons (Fsp3) is 0.474. The van der Waals surface area contributed by atoms with Gasteiger partial charge >= 0.3 is 0 Å². The number of amides is 1. The lowest BCUT2D eigenvalue weighted by Gasteiger charge is -2.13. The number of sulfone groups is 1. The number of rotatable bonds is 6. The van der Waals surface area contributed by atoms with Gasteiger partial charge in [-0.2, -0.15) is 5.10 Å². The van der Waals surface area contributed by atoms with E-state index < -0.39 is 9.84 Å². The van der Waals surface area contributed by atoms with Crippen molar-refractivity contribution >= 4 is 21.4 Å². The van der Waals surface area contributed by atoms with Crippen LogP contribution in [0.2, 0.25) is 0 Å². The van der Waals surface area contributed by atoms with E-state index in [4.69, 9.17) is 9.47 Å². The summed E-state index contributed by atoms with van der Waals surface area (Å²) in [6.07, 6.45) is 0.689. The molecule has 1 aliphatic rings. The first kappa shape index (κ1) is 20.2. The molecule has 1 fully saturated rings. The lowest BCUT2D eigenvalue weighted by Crippen LogP contribution is -2.17. The van der Waals surface area contributed by atoms with Gasteiger partial charge in [-0.05, 0) is 32.4 Å². The molecule has 0 bridgehead atoms. The SMILES string of the molecule is COc1ccc(OC)c(NC(=O)Cc2c(C)nn(C3CCS(=O)(=O)C3)c2C)c1. The molecule has 0 saturated carbocycles. The zero-order valence-electron chi connectivity index (χ0n) is 16.5. The van der Waals surface area contributed by atoms with Crippen molar-refractivity contribution in [3.8, 4) is 11.5 Å². The van der Waals surface area contributed by atoms with E-state index in [0.29, 0.717) is 23.6 Å². The maximum absolute atomic E-state index is 12.6. The largest absolute Gasteiger partial charge is 0.497 e. The second-order valence-corrected chi connectivity index (χ2v) is 9.17. The third-order valence-electron chi connectivity index (χ3n) is 5.05. The minimum absolute atomic E-state index is 0.0988. The average Bonchev–Trinajstić information content (AvgIpc) is 3.15. The highest BCUT2D eigenvalue weighted by atomic mass is 32.2. The number of carbonyl (C=O) groups excluding carboxylic acids is 1. The van der Waals surface area contributed by atoms with Gasteiger partial charge in [-0.15, -0.1) is 0 Å². The molecule has 0 aliphatic carbocycles. The Kier molecular flexibility index (Phi) is 5.64. The van der Waals surface area contributed by atoms with E-state index in [-0.39, 0.29) is 29.9 Å². The van der Waals surface area contributed by atoms with Crippen LogP contribution < -0.4 is 14.8 Å². The minimum atomic E-state index is -3.01. The van der Waals surface area contributed by atoms with Gasteiger partial charge in [-0.25, -0.2) is 8.42 Å². The smallest absolute Gasteiger partial charge is 0.229 e. The van der Waals surface area contributed by atoms with E-state index >= 15 is 0 Å². The molecular weight excluding hydrogens is 382 g/mol. The topological polar surface area (TPSA) is 99.5 Å². The molecule has 1 amide bonds. The van der Waals surface area contributed by atoms with Crippen molar-refractivity contribution in [2.45, 2.75) is 32.7 Å². The number of nitrogens with zero attached hydrogens (tertiary/aromatic N) is 2. The number of benzene rings is 1. The molecule has 9 heteroatoms. The van der Waals surface area contributed by atoms with Gasteiger partial charge in [0.2, 0.25) is 5.91 Å². The van der Waals surface area contributed by atoms with Gasteiger partial charge in [0.1, 0.15) is 11.5 Å². The maximum Gasteiger partial charge on any atom is 0.229 e. The molecular formula is C19H25N3O5S. The molecule has 1 N–H and O–H groups in total. The van der Waals surface area contributed by atoms with Crippen LogP contribution in [-0.4, -0.2) is 49.8 Å². The summed E-state index contributed by atoms with van der Waals surface area (Å²) < 4.78 is 35.8. The second kappa shape index (κ2) is 7.83. The zero-order valence-corrected chi connectivity index (χ0v) is 17.3. The first-order valence-corrected chi connectivity index (χ1v) is 10.8. The Morgan fingerprint density at radius 1 is 1.29 bits per heavy atom. The van der Waals surface area contributed by atoms with Crippen molar-refractivity contribution in [3.63, 3.8) is 0 Å². The van der Waals surface area contributed by atoms with E-state index in [2.05, 4.69) is 10.4 Å². The van der Waals surface area contributed by atoms with Crippen LogP contribution in [0.25, 0.3) is 0 Å². The maximum atomic E-state index is 12.6. The minimum Gasteiger partial charge on any atom is -0.497 e. The van der Waals surface area contributed by atoms with E-state index in [0.717, 1.165) is 17.0 Å². The Morgan fingerprint density at radius 2 is 2.04 bits per heavy atom. The van der Waals surface area contributed by atoms with Gasteiger partial charge in [-0.3, -0.25) is 9.48 Å². The van der Waals surface area contributed by atoms with Gasteiger partial charge < -0.3 is 14.8 Å². The van der Waals surface area contributed by atoms with E-state index in [1.807, 2.05) is 13.8 Å². The van der Waals surface area contributed by atoms with E-state index in [1.165, 1.54) is 7.11 Å². The fourth-order valence-electron chi connectivity index (χ4n) is 3.54. The molecule has 2 heterocycles. The number of ether oxygens (including phenoxy) is 2. The number of hydrogen-bond acceptors (Lipinski definition) is 6. The summed E-state index contributed by atoms with van der Waals surface area (Å²) in [5.74, 6) is 1.22. The van der Waals surface area contributed by atoms with Crippen LogP contribution in [-0.2, 0) is 21.1 Å². The highest BCUT2D eigenvalue weighted by Gasteiger charge is 2.31. The van der Waals surface area contributed by atoms with Gasteiger partial charge in [0.25, 0.3) is 0 Å². The molecule has 1 aliphatic heterocycles. The molecule has 1 unspecified atom stereocenters. The van der Waals surface area contributed by atoms with Crippen LogP contribution >= 0.6 is 0 Å². The van der Waals surface area contributed by atoms with Crippen LogP contribution in [0.3, 0.4) is 0 Å². The highest BCUT2D eigenvalue weighted by Crippen LogP contribution is 2.30. The summed E-state index contributed by atoms with van der Waals surface area (Å²) in [6.45, 7) is 3.71. The van der Waals surface area contributed by atoms with Crippen LogP contribution in [0.4, 0.5) is 5.69 Å². The highest BCUT2D eigenvalue weighted by molar-refractivity contribution is 7.91. The molecule has 0 spiro atoms. The molecule has 1 saturated heterocycles. The molecule has 8 nitrogen and oxygen atoms in total. The lowest BCUT2D eigenvalue weighted by molar-refractivity contribution is -0.115. The Labute approximate surface area is 164 Å². The van der Waals surface area contributed by atoms with Crippen molar-refractivity contribution in [1.29, 1.82) is 0 Å². The zero-order chi connectivity index (χ0) is 20.5. The summed E-state index contributed by atoms with van der Waals surface area (Å²) in [7, 11) is 0.0786. The number of carbonyl (C=O) groups is 1. The fourth-order valence-corrected chi connectivity index (χ4v) is 5.24. The Bertz CT molecular complexity index is 997. The number of hydrogen-bond donors (Lipinski definition) is 1. The third kappa shape index (κ3) is 4.14. The van der Waals surface area contributed by atoms with Crippen molar-refractivity contribution in [1.82, 2.24) is 9.78 Å². The van der Waals surface area contributed by atoms with Crippen LogP contribution in [0.1, 0.15) is 29.4 Å². The normalized spacial score (nSPS) is 18.1. The lowest BCUT2D eigenvalue weighted by atomic mass is 10.1. The van der Waals surface area contributed by atoms with Crippen LogP contribution in [0, 0.1) is 13.8 Å². The standard InChI is InChI=1S/C19H25N3O5S/c1-12-16(13(2)22(21-12)14-7-8-28(24,25)11-14)10-19(23)20-17-9-15(26-3)5-6-18(17)27-4/h5-6,9,14H,7-8,10-11H2,1-4H3,(H,20,23). The van der Waals surface area contributed by atoms with Crippen molar-refractivity contribution < 1.29 is 22.7 Å². The molecule has 1 aromatic carbocycles. The molecule has 2 aromatic rings. The Hall–Kier alpha value is -2.55. The third-order valence-corrected chi connectivity index (χ3v) is 6.80. The summed E-state index contributed by atoms with van der Waals surface area (Å²) in [5, 5.41) is 7.36. The summed E-state index contributed by atoms with van der Waals surface area (Å²) in [6, 6.07) is 5.01. The molecule has 152 valence electrons. The van der Waals surface area contributed by atoms with Crippen molar-refractivity contribution in [3.05, 3.63) is 35.2 Å². The predicted octanol–water partition coefficient (Wildman–Crippen LogP) is 2.06. The molecule has 3 rings (SSSR count). The molecule has 0 radical (unpaired) electrons. The summed E-state index contributed by atoms with van der Waals surface area (Å²) in [5.41, 5.74) is 2.89. The van der Waals surface area contributed by atoms with Crippen molar-refractivity contribution in [2.75, 3.05) is 31.0 Å². The summed E-state index contributed by atoms with van der Waals surface area (Å²) in [4.78, 5) is 12.6. The van der Waals surface area contributed by atoms with Crippen molar-refractivity contribution in [2.24, 2.45) is 0 Å². The monoisotopic (exact) mass is 407 g/mol. The number of aryl methyl sites for hydroxylation is 1. The Morgan fingerprint density at radius 3 is 2.64 bits per heavy atom. The van der Waals surface area contributed by atoms with Gasteiger partial charge in [0, 0.05) is 17.3 Å². The second-order valence-electron chi connectivity index (χ2n) is 6.94. The first-order chi connectivity index (χ1) is 13.2. The molecule has 1 aromatic heterocycles. The number of anilines is 1. The Balaban J connectivity index is 1.78. The quantitative estimate of drug-likeness (QED) is 0.787. The number of methoxy groups -OCH3 is 2. The number of nitrogens with one attached hydrogen (secondary N) is 1. The average molecular weight is 407 g/mol. The van der Waals surface area contributed by atoms with Gasteiger partial charge in [-0.1, -0.05) is 0 Å². The van der Waals surface area contributed by atoms with Gasteiger partial charge in [0.15, 0.2) is 9.84 Å². The first-order valence-electron chi connectivity index (χ1n) is 9.01. The van der Waals surface area contributed by atoms with Crippen LogP contribution in [0.5, 0.6) is 11.5 Å². The summed E-state index contributed by atoms with van der Waals surface area (Å²) >= 11 is 0. The van der Waals surface area contributed by atoms with Gasteiger partial charge in [0.05, 0.1) is 49.6 Å². The van der Waals surface area contributed by atoms with E-state index in [9.17, 15) is 13.2 Å². The molecule has 28 heavy (non-hydrogen) atoms. The van der Waals surface area contributed by atoms with Crippen LogP contribution in [0.15, 0.2) is 18.2 Å². The van der Waals surface area contributed by atoms with E-state index in [1.54, 1.807) is 30.0 Å².